The fraction of sp³-hybridized carbons (Fsp3) is 0.389. The third-order valence-electron chi connectivity index (χ3n) is 3.52. The summed E-state index contributed by atoms with van der Waals surface area (Å²) in [6, 6.07) is 9.20. The van der Waals surface area contributed by atoms with Crippen LogP contribution in [-0.2, 0) is 16.1 Å². The number of benzene rings is 1. The molecule has 2 aromatic rings. The van der Waals surface area contributed by atoms with Crippen LogP contribution in [0.15, 0.2) is 41.0 Å². The van der Waals surface area contributed by atoms with Gasteiger partial charge >= 0.3 is 0 Å². The lowest BCUT2D eigenvalue weighted by Gasteiger charge is -2.21. The molecule has 1 aromatic carbocycles. The van der Waals surface area contributed by atoms with Crippen molar-refractivity contribution in [2.24, 2.45) is 0 Å². The van der Waals surface area contributed by atoms with Crippen LogP contribution >= 0.6 is 0 Å². The summed E-state index contributed by atoms with van der Waals surface area (Å²) in [6.07, 6.45) is 1.59. The van der Waals surface area contributed by atoms with Gasteiger partial charge in [0.1, 0.15) is 5.76 Å². The average Bonchev–Trinajstić information content (AvgIpc) is 3.10. The Morgan fingerprint density at radius 3 is 2.71 bits per heavy atom. The van der Waals surface area contributed by atoms with E-state index in [-0.39, 0.29) is 12.5 Å². The molecule has 2 rings (SSSR count). The highest BCUT2D eigenvalue weighted by atomic mass is 16.5. The minimum Gasteiger partial charge on any atom is -0.493 e. The van der Waals surface area contributed by atoms with E-state index in [1.807, 2.05) is 25.1 Å². The SMILES string of the molecule is COCCN(Cc1ccco1)C(=O)COc1ccc(C)cc1OC. The molecule has 0 saturated heterocycles. The van der Waals surface area contributed by atoms with Crippen molar-refractivity contribution < 1.29 is 23.4 Å². The first kappa shape index (κ1) is 17.9. The van der Waals surface area contributed by atoms with Crippen LogP contribution in [0, 0.1) is 6.92 Å². The van der Waals surface area contributed by atoms with Crippen molar-refractivity contribution in [1.29, 1.82) is 0 Å². The van der Waals surface area contributed by atoms with Gasteiger partial charge in [0, 0.05) is 13.7 Å². The zero-order valence-electron chi connectivity index (χ0n) is 14.3. The lowest BCUT2D eigenvalue weighted by atomic mass is 10.2. The quantitative estimate of drug-likeness (QED) is 0.706. The molecule has 0 aliphatic carbocycles. The zero-order chi connectivity index (χ0) is 17.4. The van der Waals surface area contributed by atoms with Gasteiger partial charge in [0.2, 0.25) is 0 Å². The minimum atomic E-state index is -0.147. The van der Waals surface area contributed by atoms with E-state index < -0.39 is 0 Å². The van der Waals surface area contributed by atoms with Gasteiger partial charge in [-0.1, -0.05) is 6.07 Å². The second-order valence-electron chi connectivity index (χ2n) is 5.33. The Balaban J connectivity index is 1.99. The summed E-state index contributed by atoms with van der Waals surface area (Å²) in [5.74, 6) is 1.72. The predicted molar refractivity (Wildman–Crippen MR) is 89.2 cm³/mol. The number of methoxy groups -OCH3 is 2. The second-order valence-corrected chi connectivity index (χ2v) is 5.33. The second kappa shape index (κ2) is 8.98. The largest absolute Gasteiger partial charge is 0.493 e. The third-order valence-corrected chi connectivity index (χ3v) is 3.52. The number of hydrogen-bond donors (Lipinski definition) is 0. The molecule has 1 aromatic heterocycles. The lowest BCUT2D eigenvalue weighted by Crippen LogP contribution is -2.36. The Bertz CT molecular complexity index is 639. The molecule has 6 nitrogen and oxygen atoms in total. The van der Waals surface area contributed by atoms with Crippen molar-refractivity contribution in [3.05, 3.63) is 47.9 Å². The van der Waals surface area contributed by atoms with E-state index in [4.69, 9.17) is 18.6 Å². The first-order valence-corrected chi connectivity index (χ1v) is 7.70. The molecule has 6 heteroatoms. The molecule has 0 atom stereocenters. The van der Waals surface area contributed by atoms with E-state index in [9.17, 15) is 4.79 Å². The summed E-state index contributed by atoms with van der Waals surface area (Å²) in [5, 5.41) is 0. The van der Waals surface area contributed by atoms with E-state index in [2.05, 4.69) is 0 Å². The van der Waals surface area contributed by atoms with Crippen LogP contribution in [0.4, 0.5) is 0 Å². The highest BCUT2D eigenvalue weighted by Crippen LogP contribution is 2.27. The molecule has 0 aliphatic rings. The summed E-state index contributed by atoms with van der Waals surface area (Å²) in [5.41, 5.74) is 1.06. The third kappa shape index (κ3) is 5.03. The van der Waals surface area contributed by atoms with Crippen LogP contribution < -0.4 is 9.47 Å². The van der Waals surface area contributed by atoms with Gasteiger partial charge in [-0.2, -0.15) is 0 Å². The Morgan fingerprint density at radius 1 is 1.21 bits per heavy atom. The predicted octanol–water partition coefficient (Wildman–Crippen LogP) is 2.65. The number of nitrogens with zero attached hydrogens (tertiary/aromatic N) is 1. The number of furan rings is 1. The maximum absolute atomic E-state index is 12.5. The van der Waals surface area contributed by atoms with Gasteiger partial charge in [-0.3, -0.25) is 4.79 Å². The van der Waals surface area contributed by atoms with Crippen molar-refractivity contribution >= 4 is 5.91 Å². The standard InChI is InChI=1S/C18H23NO5/c1-14-6-7-16(17(11-14)22-3)24-13-18(20)19(8-10-21-2)12-15-5-4-9-23-15/h4-7,9,11H,8,10,12-13H2,1-3H3. The Kier molecular flexibility index (Phi) is 6.69. The fourth-order valence-electron chi connectivity index (χ4n) is 2.21. The van der Waals surface area contributed by atoms with Crippen molar-refractivity contribution in [2.45, 2.75) is 13.5 Å². The highest BCUT2D eigenvalue weighted by Gasteiger charge is 2.17. The van der Waals surface area contributed by atoms with Crippen molar-refractivity contribution in [3.63, 3.8) is 0 Å². The maximum atomic E-state index is 12.5. The lowest BCUT2D eigenvalue weighted by molar-refractivity contribution is -0.134. The van der Waals surface area contributed by atoms with Gasteiger partial charge < -0.3 is 23.5 Å². The molecule has 0 bridgehead atoms. The molecule has 1 heterocycles. The van der Waals surface area contributed by atoms with Gasteiger partial charge in [0.05, 0.1) is 26.5 Å². The maximum Gasteiger partial charge on any atom is 0.260 e. The van der Waals surface area contributed by atoms with E-state index in [0.717, 1.165) is 5.56 Å². The molecule has 0 saturated carbocycles. The van der Waals surface area contributed by atoms with Crippen LogP contribution in [0.5, 0.6) is 11.5 Å². The number of aryl methyl sites for hydroxylation is 1. The zero-order valence-corrected chi connectivity index (χ0v) is 14.3. The Hall–Kier alpha value is -2.47. The van der Waals surface area contributed by atoms with Gasteiger partial charge in [-0.25, -0.2) is 0 Å². The molecule has 24 heavy (non-hydrogen) atoms. The Labute approximate surface area is 141 Å². The van der Waals surface area contributed by atoms with Crippen LogP contribution in [-0.4, -0.2) is 44.8 Å². The molecule has 0 aliphatic heterocycles. The Morgan fingerprint density at radius 2 is 2.04 bits per heavy atom. The molecular weight excluding hydrogens is 310 g/mol. The molecule has 130 valence electrons. The summed E-state index contributed by atoms with van der Waals surface area (Å²) in [6.45, 7) is 3.17. The van der Waals surface area contributed by atoms with Gasteiger partial charge in [0.15, 0.2) is 18.1 Å². The number of carbonyl (C=O) groups excluding carboxylic acids is 1. The van der Waals surface area contributed by atoms with Gasteiger partial charge in [-0.15, -0.1) is 0 Å². The van der Waals surface area contributed by atoms with Gasteiger partial charge in [0.25, 0.3) is 5.91 Å². The number of amides is 1. The summed E-state index contributed by atoms with van der Waals surface area (Å²) in [7, 11) is 3.18. The fourth-order valence-corrected chi connectivity index (χ4v) is 2.21. The molecular formula is C18H23NO5. The molecule has 0 unspecified atom stereocenters. The van der Waals surface area contributed by atoms with E-state index in [0.29, 0.717) is 37.0 Å². The van der Waals surface area contributed by atoms with E-state index >= 15 is 0 Å². The van der Waals surface area contributed by atoms with E-state index in [1.165, 1.54) is 0 Å². The summed E-state index contributed by atoms with van der Waals surface area (Å²) >= 11 is 0. The molecule has 0 radical (unpaired) electrons. The van der Waals surface area contributed by atoms with Crippen molar-refractivity contribution in [3.8, 4) is 11.5 Å². The van der Waals surface area contributed by atoms with Crippen LogP contribution in [0.2, 0.25) is 0 Å². The van der Waals surface area contributed by atoms with Crippen molar-refractivity contribution in [1.82, 2.24) is 4.90 Å². The smallest absolute Gasteiger partial charge is 0.260 e. The number of hydrogen-bond acceptors (Lipinski definition) is 5. The highest BCUT2D eigenvalue weighted by molar-refractivity contribution is 5.77. The summed E-state index contributed by atoms with van der Waals surface area (Å²) < 4.78 is 21.3. The first-order chi connectivity index (χ1) is 11.6. The van der Waals surface area contributed by atoms with Crippen LogP contribution in [0.1, 0.15) is 11.3 Å². The van der Waals surface area contributed by atoms with Crippen LogP contribution in [0.25, 0.3) is 0 Å². The number of rotatable bonds is 9. The summed E-state index contributed by atoms with van der Waals surface area (Å²) in [4.78, 5) is 14.1. The average molecular weight is 333 g/mol. The molecule has 0 N–H and O–H groups in total. The molecule has 0 fully saturated rings. The van der Waals surface area contributed by atoms with Gasteiger partial charge in [-0.05, 0) is 36.8 Å². The number of carbonyl (C=O) groups is 1. The molecule has 0 spiro atoms. The van der Waals surface area contributed by atoms with Crippen molar-refractivity contribution in [2.75, 3.05) is 34.0 Å². The number of ether oxygens (including phenoxy) is 3. The first-order valence-electron chi connectivity index (χ1n) is 7.70. The normalized spacial score (nSPS) is 10.5. The minimum absolute atomic E-state index is 0.0795. The monoisotopic (exact) mass is 333 g/mol. The molecule has 1 amide bonds. The van der Waals surface area contributed by atoms with Crippen LogP contribution in [0.3, 0.4) is 0 Å². The topological polar surface area (TPSA) is 61.1 Å². The van der Waals surface area contributed by atoms with E-state index in [1.54, 1.807) is 37.5 Å².